The van der Waals surface area contributed by atoms with E-state index in [1.165, 1.54) is 11.8 Å². The molecule has 1 aliphatic rings. The molecule has 1 aliphatic heterocycles. The van der Waals surface area contributed by atoms with E-state index in [-0.39, 0.29) is 17.7 Å². The van der Waals surface area contributed by atoms with Crippen molar-refractivity contribution >= 4 is 34.7 Å². The highest BCUT2D eigenvalue weighted by molar-refractivity contribution is 6.33. The summed E-state index contributed by atoms with van der Waals surface area (Å²) < 4.78 is 0. The summed E-state index contributed by atoms with van der Waals surface area (Å²) in [6.07, 6.45) is 0. The first-order valence-electron chi connectivity index (χ1n) is 9.22. The Kier molecular flexibility index (Phi) is 6.14. The lowest BCUT2D eigenvalue weighted by Gasteiger charge is -2.36. The van der Waals surface area contributed by atoms with Crippen LogP contribution in [0, 0.1) is 0 Å². The molecule has 1 heterocycles. The molecule has 0 radical (unpaired) electrons. The first-order chi connectivity index (χ1) is 13.0. The monoisotopic (exact) mass is 386 g/mol. The topological polar surface area (TPSA) is 53.9 Å². The number of rotatable bonds is 5. The highest BCUT2D eigenvalue weighted by Gasteiger charge is 2.30. The van der Waals surface area contributed by atoms with Gasteiger partial charge in [0.15, 0.2) is 11.8 Å². The van der Waals surface area contributed by atoms with E-state index < -0.39 is 0 Å². The molecule has 0 aliphatic carbocycles. The van der Waals surface area contributed by atoms with Crippen LogP contribution >= 0.6 is 11.6 Å². The normalized spacial score (nSPS) is 16.0. The van der Waals surface area contributed by atoms with Crippen LogP contribution in [0.25, 0.3) is 0 Å². The smallest absolute Gasteiger partial charge is 0.282 e. The Morgan fingerprint density at radius 3 is 2.37 bits per heavy atom. The third-order valence-corrected chi connectivity index (χ3v) is 5.49. The summed E-state index contributed by atoms with van der Waals surface area (Å²) in [7, 11) is 0. The van der Waals surface area contributed by atoms with E-state index in [4.69, 9.17) is 11.6 Å². The molecule has 0 unspecified atom stereocenters. The van der Waals surface area contributed by atoms with Crippen LogP contribution in [0.15, 0.2) is 48.5 Å². The predicted molar refractivity (Wildman–Crippen MR) is 109 cm³/mol. The Labute approximate surface area is 164 Å². The molecule has 0 saturated carbocycles. The van der Waals surface area contributed by atoms with Crippen LogP contribution in [0.3, 0.4) is 0 Å². The molecular formula is C21H25ClN3O2+. The average molecular weight is 387 g/mol. The number of hydrogen-bond acceptors (Lipinski definition) is 3. The van der Waals surface area contributed by atoms with Gasteiger partial charge in [-0.2, -0.15) is 0 Å². The number of anilines is 2. The van der Waals surface area contributed by atoms with E-state index in [0.29, 0.717) is 11.3 Å². The summed E-state index contributed by atoms with van der Waals surface area (Å²) in [6.45, 7) is 6.85. The molecule has 1 fully saturated rings. The van der Waals surface area contributed by atoms with Gasteiger partial charge in [0.1, 0.15) is 0 Å². The van der Waals surface area contributed by atoms with Crippen LogP contribution in [0.4, 0.5) is 11.4 Å². The molecule has 2 aromatic rings. The SMILES string of the molecule is CC(=O)c1ccccc1NC(=O)[C@H](C)[NH+]1CCN(c2ccccc2Cl)CC1. The summed E-state index contributed by atoms with van der Waals surface area (Å²) in [5.74, 6) is -0.121. The van der Waals surface area contributed by atoms with Crippen LogP contribution in [-0.2, 0) is 4.79 Å². The van der Waals surface area contributed by atoms with Gasteiger partial charge in [0, 0.05) is 5.56 Å². The Hall–Kier alpha value is -2.37. The second-order valence-electron chi connectivity index (χ2n) is 6.91. The minimum atomic E-state index is -0.196. The van der Waals surface area contributed by atoms with Crippen LogP contribution in [0.1, 0.15) is 24.2 Å². The third-order valence-electron chi connectivity index (χ3n) is 5.17. The third kappa shape index (κ3) is 4.49. The lowest BCUT2D eigenvalue weighted by molar-refractivity contribution is -0.914. The van der Waals surface area contributed by atoms with Crippen molar-refractivity contribution in [3.8, 4) is 0 Å². The maximum Gasteiger partial charge on any atom is 0.282 e. The van der Waals surface area contributed by atoms with Crippen molar-refractivity contribution in [2.24, 2.45) is 0 Å². The van der Waals surface area contributed by atoms with Crippen LogP contribution in [0.5, 0.6) is 0 Å². The number of Topliss-reactive ketones (excluding diaryl/α,β-unsaturated/α-hetero) is 1. The first kappa shape index (κ1) is 19.4. The molecule has 142 valence electrons. The number of ketones is 1. The zero-order valence-corrected chi connectivity index (χ0v) is 16.4. The molecule has 2 N–H and O–H groups in total. The van der Waals surface area contributed by atoms with E-state index in [2.05, 4.69) is 10.2 Å². The fraction of sp³-hybridized carbons (Fsp3) is 0.333. The zero-order chi connectivity index (χ0) is 19.4. The molecule has 0 aromatic heterocycles. The van der Waals surface area contributed by atoms with Gasteiger partial charge in [0.25, 0.3) is 5.91 Å². The van der Waals surface area contributed by atoms with Gasteiger partial charge < -0.3 is 15.1 Å². The lowest BCUT2D eigenvalue weighted by Crippen LogP contribution is -3.19. The number of amides is 1. The van der Waals surface area contributed by atoms with Gasteiger partial charge in [0.2, 0.25) is 0 Å². The molecule has 5 nitrogen and oxygen atoms in total. The van der Waals surface area contributed by atoms with E-state index in [1.54, 1.807) is 18.2 Å². The summed E-state index contributed by atoms with van der Waals surface area (Å²) in [6, 6.07) is 14.8. The van der Waals surface area contributed by atoms with Crippen molar-refractivity contribution in [2.45, 2.75) is 19.9 Å². The maximum absolute atomic E-state index is 12.7. The molecule has 27 heavy (non-hydrogen) atoms. The lowest BCUT2D eigenvalue weighted by atomic mass is 10.1. The molecular weight excluding hydrogens is 362 g/mol. The van der Waals surface area contributed by atoms with E-state index in [0.717, 1.165) is 36.9 Å². The largest absolute Gasteiger partial charge is 0.359 e. The number of nitrogens with one attached hydrogen (secondary N) is 2. The second kappa shape index (κ2) is 8.55. The Morgan fingerprint density at radius 1 is 1.07 bits per heavy atom. The number of halogens is 1. The summed E-state index contributed by atoms with van der Waals surface area (Å²) in [5, 5.41) is 3.68. The number of hydrogen-bond donors (Lipinski definition) is 2. The molecule has 1 saturated heterocycles. The number of carbonyl (C=O) groups excluding carboxylic acids is 2. The number of para-hydroxylation sites is 2. The fourth-order valence-electron chi connectivity index (χ4n) is 3.50. The molecule has 0 bridgehead atoms. The van der Waals surface area contributed by atoms with Gasteiger partial charge in [-0.25, -0.2) is 0 Å². The second-order valence-corrected chi connectivity index (χ2v) is 7.32. The van der Waals surface area contributed by atoms with Crippen molar-refractivity contribution in [3.05, 3.63) is 59.1 Å². The average Bonchev–Trinajstić information content (AvgIpc) is 2.68. The van der Waals surface area contributed by atoms with Gasteiger partial charge in [-0.15, -0.1) is 0 Å². The predicted octanol–water partition coefficient (Wildman–Crippen LogP) is 2.27. The first-order valence-corrected chi connectivity index (χ1v) is 9.60. The van der Waals surface area contributed by atoms with Crippen molar-refractivity contribution in [2.75, 3.05) is 36.4 Å². The molecule has 1 amide bonds. The standard InChI is InChI=1S/C21H24ClN3O2/c1-15(21(27)23-19-9-5-3-7-17(19)16(2)26)24-11-13-25(14-12-24)20-10-6-4-8-18(20)22/h3-10,15H,11-14H2,1-2H3,(H,23,27)/p+1/t15-/m0/s1. The van der Waals surface area contributed by atoms with Crippen molar-refractivity contribution in [1.29, 1.82) is 0 Å². The van der Waals surface area contributed by atoms with Gasteiger partial charge >= 0.3 is 0 Å². The molecule has 3 rings (SSSR count). The highest BCUT2D eigenvalue weighted by atomic mass is 35.5. The van der Waals surface area contributed by atoms with E-state index >= 15 is 0 Å². The maximum atomic E-state index is 12.7. The Bertz CT molecular complexity index is 832. The van der Waals surface area contributed by atoms with E-state index in [1.807, 2.05) is 37.3 Å². The van der Waals surface area contributed by atoms with Crippen LogP contribution in [-0.4, -0.2) is 43.9 Å². The van der Waals surface area contributed by atoms with Crippen molar-refractivity contribution in [1.82, 2.24) is 0 Å². The van der Waals surface area contributed by atoms with Gasteiger partial charge in [0.05, 0.1) is 42.6 Å². The molecule has 2 aromatic carbocycles. The number of carbonyl (C=O) groups is 2. The van der Waals surface area contributed by atoms with Gasteiger partial charge in [-0.05, 0) is 38.1 Å². The van der Waals surface area contributed by atoms with Crippen LogP contribution < -0.4 is 15.1 Å². The van der Waals surface area contributed by atoms with E-state index in [9.17, 15) is 9.59 Å². The van der Waals surface area contributed by atoms with Gasteiger partial charge in [-0.3, -0.25) is 9.59 Å². The van der Waals surface area contributed by atoms with Crippen molar-refractivity contribution in [3.63, 3.8) is 0 Å². The zero-order valence-electron chi connectivity index (χ0n) is 15.7. The summed E-state index contributed by atoms with van der Waals surface area (Å²) in [5.41, 5.74) is 2.17. The number of quaternary nitrogens is 1. The Balaban J connectivity index is 1.61. The number of piperazine rings is 1. The molecule has 6 heteroatoms. The Morgan fingerprint density at radius 2 is 1.70 bits per heavy atom. The highest BCUT2D eigenvalue weighted by Crippen LogP contribution is 2.24. The summed E-state index contributed by atoms with van der Waals surface area (Å²) in [4.78, 5) is 28.0. The van der Waals surface area contributed by atoms with Crippen LogP contribution in [0.2, 0.25) is 5.02 Å². The minimum absolute atomic E-state index is 0.0562. The molecule has 1 atom stereocenters. The quantitative estimate of drug-likeness (QED) is 0.775. The summed E-state index contributed by atoms with van der Waals surface area (Å²) >= 11 is 6.30. The van der Waals surface area contributed by atoms with Gasteiger partial charge in [-0.1, -0.05) is 35.9 Å². The number of nitrogens with zero attached hydrogens (tertiary/aromatic N) is 1. The molecule has 0 spiro atoms. The minimum Gasteiger partial charge on any atom is -0.359 e. The number of benzene rings is 2. The van der Waals surface area contributed by atoms with Crippen molar-refractivity contribution < 1.29 is 14.5 Å². The fourth-order valence-corrected chi connectivity index (χ4v) is 3.76.